The van der Waals surface area contributed by atoms with Gasteiger partial charge in [0.05, 0.1) is 20.0 Å². The molecule has 25 heavy (non-hydrogen) atoms. The first-order valence-corrected chi connectivity index (χ1v) is 8.74. The quantitative estimate of drug-likeness (QED) is 0.369. The van der Waals surface area contributed by atoms with Crippen molar-refractivity contribution >= 4 is 5.97 Å². The average molecular weight is 344 g/mol. The first-order valence-electron chi connectivity index (χ1n) is 8.74. The zero-order valence-electron chi connectivity index (χ0n) is 16.6. The van der Waals surface area contributed by atoms with E-state index in [9.17, 15) is 4.79 Å². The van der Waals surface area contributed by atoms with Gasteiger partial charge in [-0.2, -0.15) is 0 Å². The number of ether oxygens (including phenoxy) is 2. The Bertz CT molecular complexity index is 615. The predicted molar refractivity (Wildman–Crippen MR) is 104 cm³/mol. The summed E-state index contributed by atoms with van der Waals surface area (Å²) in [6.45, 7) is 10.8. The Kier molecular flexibility index (Phi) is 7.95. The Hall–Kier alpha value is -2.03. The molecule has 0 N–H and O–H groups in total. The molecule has 1 rings (SSSR count). The molecule has 0 aromatic rings. The number of hydrogen-bond donors (Lipinski definition) is 0. The molecule has 1 aliphatic rings. The summed E-state index contributed by atoms with van der Waals surface area (Å²) < 4.78 is 10.1. The van der Waals surface area contributed by atoms with Crippen LogP contribution in [-0.2, 0) is 14.3 Å². The van der Waals surface area contributed by atoms with Gasteiger partial charge in [0.15, 0.2) is 0 Å². The van der Waals surface area contributed by atoms with E-state index in [1.54, 1.807) is 7.11 Å². The van der Waals surface area contributed by atoms with Crippen molar-refractivity contribution in [1.29, 1.82) is 0 Å². The lowest BCUT2D eigenvalue weighted by atomic mass is 9.66. The van der Waals surface area contributed by atoms with Crippen LogP contribution in [0.25, 0.3) is 0 Å². The molecule has 0 amide bonds. The van der Waals surface area contributed by atoms with Gasteiger partial charge in [0, 0.05) is 12.0 Å². The van der Waals surface area contributed by atoms with Crippen LogP contribution in [0.5, 0.6) is 0 Å². The number of hydrogen-bond acceptors (Lipinski definition) is 3. The molecule has 138 valence electrons. The van der Waals surface area contributed by atoms with Gasteiger partial charge in [-0.15, -0.1) is 0 Å². The molecular formula is C22H32O3. The van der Waals surface area contributed by atoms with Gasteiger partial charge in [-0.25, -0.2) is 4.79 Å². The highest BCUT2D eigenvalue weighted by molar-refractivity contribution is 5.83. The Morgan fingerprint density at radius 2 is 1.88 bits per heavy atom. The van der Waals surface area contributed by atoms with Crippen LogP contribution in [0.2, 0.25) is 0 Å². The van der Waals surface area contributed by atoms with E-state index in [-0.39, 0.29) is 11.4 Å². The summed E-state index contributed by atoms with van der Waals surface area (Å²) in [7, 11) is 3.13. The third-order valence-corrected chi connectivity index (χ3v) is 4.79. The third kappa shape index (κ3) is 6.41. The van der Waals surface area contributed by atoms with Crippen molar-refractivity contribution in [3.05, 3.63) is 59.4 Å². The molecule has 2 atom stereocenters. The summed E-state index contributed by atoms with van der Waals surface area (Å²) in [6.07, 6.45) is 15.1. The van der Waals surface area contributed by atoms with Crippen LogP contribution in [-0.4, -0.2) is 20.2 Å². The lowest BCUT2D eigenvalue weighted by Gasteiger charge is -2.40. The van der Waals surface area contributed by atoms with E-state index in [4.69, 9.17) is 4.74 Å². The Morgan fingerprint density at radius 3 is 2.48 bits per heavy atom. The predicted octanol–water partition coefficient (Wildman–Crippen LogP) is 5.38. The van der Waals surface area contributed by atoms with Gasteiger partial charge in [0.25, 0.3) is 0 Å². The summed E-state index contributed by atoms with van der Waals surface area (Å²) in [4.78, 5) is 11.2. The molecule has 0 spiro atoms. The minimum Gasteiger partial charge on any atom is -0.501 e. The monoisotopic (exact) mass is 344 g/mol. The topological polar surface area (TPSA) is 35.5 Å². The SMILES string of the molecule is COC(=O)/C=C(C)/C=C/C=C(C)/C=C/C1C(C)C(OC)=CCC1(C)C. The van der Waals surface area contributed by atoms with Gasteiger partial charge < -0.3 is 9.47 Å². The number of carbonyl (C=O) groups excluding carboxylic acids is 1. The van der Waals surface area contributed by atoms with Crippen LogP contribution in [0, 0.1) is 17.3 Å². The van der Waals surface area contributed by atoms with Crippen LogP contribution in [0.1, 0.15) is 41.0 Å². The number of rotatable bonds is 6. The summed E-state index contributed by atoms with van der Waals surface area (Å²) in [5.74, 6) is 1.55. The maximum absolute atomic E-state index is 11.2. The molecule has 0 bridgehead atoms. The molecule has 0 aliphatic heterocycles. The average Bonchev–Trinajstić information content (AvgIpc) is 2.54. The zero-order valence-corrected chi connectivity index (χ0v) is 16.6. The van der Waals surface area contributed by atoms with Crippen molar-refractivity contribution in [2.24, 2.45) is 17.3 Å². The third-order valence-electron chi connectivity index (χ3n) is 4.79. The van der Waals surface area contributed by atoms with Crippen LogP contribution in [0.3, 0.4) is 0 Å². The standard InChI is InChI=1S/C22H32O3/c1-16(9-8-10-17(2)15-21(23)25-7)11-12-19-18(3)20(24-6)13-14-22(19,4)5/h8-13,15,18-19H,14H2,1-7H3/b10-8+,12-11+,16-9+,17-15+. The van der Waals surface area contributed by atoms with E-state index < -0.39 is 0 Å². The Labute approximate surface area is 152 Å². The van der Waals surface area contributed by atoms with E-state index in [0.29, 0.717) is 11.8 Å². The first-order chi connectivity index (χ1) is 11.7. The van der Waals surface area contributed by atoms with Crippen LogP contribution >= 0.6 is 0 Å². The van der Waals surface area contributed by atoms with Crippen LogP contribution < -0.4 is 0 Å². The largest absolute Gasteiger partial charge is 0.501 e. The van der Waals surface area contributed by atoms with Crippen molar-refractivity contribution in [1.82, 2.24) is 0 Å². The highest BCUT2D eigenvalue weighted by Gasteiger charge is 2.36. The molecule has 0 aromatic heterocycles. The molecule has 0 saturated heterocycles. The summed E-state index contributed by atoms with van der Waals surface area (Å²) in [6, 6.07) is 0. The molecule has 0 fully saturated rings. The fourth-order valence-electron chi connectivity index (χ4n) is 3.19. The number of esters is 1. The second kappa shape index (κ2) is 9.45. The highest BCUT2D eigenvalue weighted by Crippen LogP contribution is 2.44. The normalized spacial score (nSPS) is 24.5. The van der Waals surface area contributed by atoms with E-state index in [2.05, 4.69) is 50.7 Å². The lowest BCUT2D eigenvalue weighted by Crippen LogP contribution is -2.32. The molecule has 0 heterocycles. The Morgan fingerprint density at radius 1 is 1.20 bits per heavy atom. The second-order valence-electron chi connectivity index (χ2n) is 7.36. The fourth-order valence-corrected chi connectivity index (χ4v) is 3.19. The smallest absolute Gasteiger partial charge is 0.330 e. The zero-order chi connectivity index (χ0) is 19.0. The second-order valence-corrected chi connectivity index (χ2v) is 7.36. The van der Waals surface area contributed by atoms with Crippen molar-refractivity contribution < 1.29 is 14.3 Å². The number of methoxy groups -OCH3 is 2. The van der Waals surface area contributed by atoms with Gasteiger partial charge in [0.2, 0.25) is 0 Å². The Balaban J connectivity index is 2.81. The first kappa shape index (κ1) is 21.0. The van der Waals surface area contributed by atoms with E-state index >= 15 is 0 Å². The lowest BCUT2D eigenvalue weighted by molar-refractivity contribution is -0.134. The fraction of sp³-hybridized carbons (Fsp3) is 0.500. The maximum atomic E-state index is 11.2. The van der Waals surface area contributed by atoms with Gasteiger partial charge >= 0.3 is 5.97 Å². The molecule has 0 aromatic carbocycles. The summed E-state index contributed by atoms with van der Waals surface area (Å²) >= 11 is 0. The number of allylic oxidation sites excluding steroid dienone is 9. The molecule has 0 radical (unpaired) electrons. The molecule has 0 saturated carbocycles. The molecule has 3 nitrogen and oxygen atoms in total. The summed E-state index contributed by atoms with van der Waals surface area (Å²) in [5, 5.41) is 0. The molecule has 3 heteroatoms. The van der Waals surface area contributed by atoms with Crippen molar-refractivity contribution in [2.75, 3.05) is 14.2 Å². The van der Waals surface area contributed by atoms with Gasteiger partial charge in [-0.1, -0.05) is 56.7 Å². The van der Waals surface area contributed by atoms with Crippen LogP contribution in [0.4, 0.5) is 0 Å². The summed E-state index contributed by atoms with van der Waals surface area (Å²) in [5.41, 5.74) is 2.24. The minimum absolute atomic E-state index is 0.216. The maximum Gasteiger partial charge on any atom is 0.330 e. The molecule has 2 unspecified atom stereocenters. The minimum atomic E-state index is -0.335. The van der Waals surface area contributed by atoms with Crippen molar-refractivity contribution in [3.63, 3.8) is 0 Å². The van der Waals surface area contributed by atoms with Crippen molar-refractivity contribution in [2.45, 2.75) is 41.0 Å². The van der Waals surface area contributed by atoms with Gasteiger partial charge in [-0.3, -0.25) is 0 Å². The number of carbonyl (C=O) groups is 1. The van der Waals surface area contributed by atoms with Gasteiger partial charge in [0.1, 0.15) is 0 Å². The van der Waals surface area contributed by atoms with E-state index in [1.165, 1.54) is 18.8 Å². The van der Waals surface area contributed by atoms with E-state index in [0.717, 1.165) is 17.8 Å². The van der Waals surface area contributed by atoms with Crippen LogP contribution in [0.15, 0.2) is 59.4 Å². The highest BCUT2D eigenvalue weighted by atomic mass is 16.5. The molecular weight excluding hydrogens is 312 g/mol. The van der Waals surface area contributed by atoms with Gasteiger partial charge in [-0.05, 0) is 43.3 Å². The molecule has 1 aliphatic carbocycles. The van der Waals surface area contributed by atoms with Crippen molar-refractivity contribution in [3.8, 4) is 0 Å². The van der Waals surface area contributed by atoms with E-state index in [1.807, 2.05) is 25.2 Å².